The van der Waals surface area contributed by atoms with Crippen LogP contribution >= 0.6 is 34.9 Å². The highest BCUT2D eigenvalue weighted by atomic mass is 32.2. The van der Waals surface area contributed by atoms with E-state index < -0.39 is 0 Å². The van der Waals surface area contributed by atoms with Crippen LogP contribution in [0.25, 0.3) is 0 Å². The van der Waals surface area contributed by atoms with Crippen molar-refractivity contribution in [1.82, 2.24) is 10.2 Å². The number of thioether (sulfide) groups is 2. The van der Waals surface area contributed by atoms with E-state index in [1.165, 1.54) is 57.8 Å². The van der Waals surface area contributed by atoms with Gasteiger partial charge in [-0.15, -0.1) is 10.2 Å². The van der Waals surface area contributed by atoms with E-state index in [0.717, 1.165) is 21.5 Å². The molecule has 5 heteroatoms. The molecule has 146 valence electrons. The van der Waals surface area contributed by atoms with E-state index in [0.29, 0.717) is 11.8 Å². The van der Waals surface area contributed by atoms with E-state index in [1.54, 1.807) is 11.3 Å². The Balaban J connectivity index is 1.66. The quantitative estimate of drug-likeness (QED) is 0.437. The number of allylic oxidation sites excluding steroid dienone is 6. The first-order valence-electron chi connectivity index (χ1n) is 9.70. The molecule has 0 amide bonds. The zero-order valence-corrected chi connectivity index (χ0v) is 19.4. The van der Waals surface area contributed by atoms with Gasteiger partial charge in [-0.05, 0) is 87.9 Å². The van der Waals surface area contributed by atoms with Crippen LogP contribution in [-0.2, 0) is 0 Å². The predicted octanol–water partition coefficient (Wildman–Crippen LogP) is 8.02. The second-order valence-electron chi connectivity index (χ2n) is 8.02. The Morgan fingerprint density at radius 2 is 1.26 bits per heavy atom. The van der Waals surface area contributed by atoms with Crippen molar-refractivity contribution in [2.24, 2.45) is 11.8 Å². The first-order valence-corrected chi connectivity index (χ1v) is 12.2. The van der Waals surface area contributed by atoms with E-state index in [9.17, 15) is 0 Å². The molecule has 2 aliphatic rings. The number of aromatic nitrogens is 2. The summed E-state index contributed by atoms with van der Waals surface area (Å²) in [5.41, 5.74) is 5.64. The van der Waals surface area contributed by atoms with Gasteiger partial charge < -0.3 is 0 Å². The van der Waals surface area contributed by atoms with Crippen LogP contribution in [-0.4, -0.2) is 10.2 Å². The highest BCUT2D eigenvalue weighted by Crippen LogP contribution is 2.46. The molecular weight excluding hydrogens is 388 g/mol. The van der Waals surface area contributed by atoms with Crippen molar-refractivity contribution in [2.75, 3.05) is 0 Å². The first-order chi connectivity index (χ1) is 12.8. The number of rotatable bonds is 6. The van der Waals surface area contributed by atoms with Crippen LogP contribution in [0.3, 0.4) is 0 Å². The second-order valence-corrected chi connectivity index (χ2v) is 11.7. The Hall–Kier alpha value is -0.780. The third kappa shape index (κ3) is 5.39. The average Bonchev–Trinajstić information content (AvgIpc) is 3.05. The van der Waals surface area contributed by atoms with Gasteiger partial charge in [0, 0.05) is 0 Å². The molecule has 0 aliphatic heterocycles. The van der Waals surface area contributed by atoms with Crippen molar-refractivity contribution < 1.29 is 0 Å². The van der Waals surface area contributed by atoms with E-state index >= 15 is 0 Å². The fourth-order valence-electron chi connectivity index (χ4n) is 3.65. The highest BCUT2D eigenvalue weighted by molar-refractivity contribution is 8.06. The van der Waals surface area contributed by atoms with Gasteiger partial charge in [0.2, 0.25) is 0 Å². The molecule has 0 aromatic carbocycles. The normalized spacial score (nSPS) is 23.7. The van der Waals surface area contributed by atoms with Gasteiger partial charge in [-0.2, -0.15) is 0 Å². The maximum absolute atomic E-state index is 4.47. The van der Waals surface area contributed by atoms with E-state index in [4.69, 9.17) is 0 Å². The highest BCUT2D eigenvalue weighted by Gasteiger charge is 2.23. The minimum absolute atomic E-state index is 0.618. The molecule has 27 heavy (non-hydrogen) atoms. The second kappa shape index (κ2) is 9.15. The third-order valence-corrected chi connectivity index (χ3v) is 9.30. The fraction of sp³-hybridized carbons (Fsp3) is 0.545. The molecule has 2 atom stereocenters. The molecule has 3 rings (SSSR count). The van der Waals surface area contributed by atoms with Gasteiger partial charge in [-0.3, -0.25) is 0 Å². The predicted molar refractivity (Wildman–Crippen MR) is 121 cm³/mol. The van der Waals surface area contributed by atoms with Gasteiger partial charge >= 0.3 is 0 Å². The van der Waals surface area contributed by atoms with E-state index in [1.807, 2.05) is 23.5 Å². The molecular formula is C22H30N2S3. The molecule has 1 aromatic rings. The van der Waals surface area contributed by atoms with Gasteiger partial charge in [0.1, 0.15) is 0 Å². The summed E-state index contributed by atoms with van der Waals surface area (Å²) in [6.45, 7) is 17.2. The Bertz CT molecular complexity index is 736. The van der Waals surface area contributed by atoms with Crippen molar-refractivity contribution in [1.29, 1.82) is 0 Å². The molecule has 0 saturated heterocycles. The number of hydrogen-bond acceptors (Lipinski definition) is 5. The summed E-state index contributed by atoms with van der Waals surface area (Å²) >= 11 is 5.38. The number of hydrogen-bond donors (Lipinski definition) is 0. The van der Waals surface area contributed by atoms with Crippen molar-refractivity contribution in [3.05, 3.63) is 45.3 Å². The molecule has 0 spiro atoms. The lowest BCUT2D eigenvalue weighted by Crippen LogP contribution is -2.08. The summed E-state index contributed by atoms with van der Waals surface area (Å²) in [6, 6.07) is 0. The van der Waals surface area contributed by atoms with Crippen LogP contribution < -0.4 is 0 Å². The average molecular weight is 419 g/mol. The van der Waals surface area contributed by atoms with Gasteiger partial charge in [-0.25, -0.2) is 0 Å². The van der Waals surface area contributed by atoms with Crippen LogP contribution in [0.2, 0.25) is 0 Å². The maximum atomic E-state index is 4.47. The molecule has 1 aromatic heterocycles. The molecule has 0 bridgehead atoms. The molecule has 0 radical (unpaired) electrons. The summed E-state index contributed by atoms with van der Waals surface area (Å²) in [4.78, 5) is 2.94. The smallest absolute Gasteiger partial charge is 0.130 e. The minimum Gasteiger partial charge on any atom is -0.130 e. The lowest BCUT2D eigenvalue weighted by molar-refractivity contribution is 0.535. The fourth-order valence-corrected chi connectivity index (χ4v) is 7.24. The van der Waals surface area contributed by atoms with Gasteiger partial charge in [-0.1, -0.05) is 70.3 Å². The summed E-state index contributed by atoms with van der Waals surface area (Å²) in [6.07, 6.45) is 7.04. The summed E-state index contributed by atoms with van der Waals surface area (Å²) in [7, 11) is 0. The van der Waals surface area contributed by atoms with Crippen molar-refractivity contribution in [3.63, 3.8) is 0 Å². The van der Waals surface area contributed by atoms with Crippen LogP contribution in [0.4, 0.5) is 0 Å². The molecule has 1 heterocycles. The Labute approximate surface area is 176 Å². The van der Waals surface area contributed by atoms with Gasteiger partial charge in [0.05, 0.1) is 0 Å². The SMILES string of the molecule is C=C(C)[C@@H]1CCC(C)=C(Sc2nnc(SC3=C(C)CC[C@@H](C(=C)C)C3)s2)C1. The Morgan fingerprint density at radius 3 is 1.63 bits per heavy atom. The summed E-state index contributed by atoms with van der Waals surface area (Å²) in [5.74, 6) is 1.24. The number of nitrogens with zero attached hydrogens (tertiary/aromatic N) is 2. The van der Waals surface area contributed by atoms with Crippen molar-refractivity contribution in [3.8, 4) is 0 Å². The maximum Gasteiger partial charge on any atom is 0.179 e. The Kier molecular flexibility index (Phi) is 7.09. The van der Waals surface area contributed by atoms with Crippen LogP contribution in [0.5, 0.6) is 0 Å². The minimum atomic E-state index is 0.618. The monoisotopic (exact) mass is 418 g/mol. The van der Waals surface area contributed by atoms with Gasteiger partial charge in [0.15, 0.2) is 8.68 Å². The third-order valence-electron chi connectivity index (χ3n) is 5.75. The zero-order valence-electron chi connectivity index (χ0n) is 16.9. The molecule has 0 unspecified atom stereocenters. The molecule has 0 N–H and O–H groups in total. The van der Waals surface area contributed by atoms with Gasteiger partial charge in [0.25, 0.3) is 0 Å². The topological polar surface area (TPSA) is 25.8 Å². The van der Waals surface area contributed by atoms with E-state index in [2.05, 4.69) is 51.1 Å². The van der Waals surface area contributed by atoms with Crippen LogP contribution in [0.1, 0.15) is 66.2 Å². The lowest BCUT2D eigenvalue weighted by atomic mass is 9.86. The lowest BCUT2D eigenvalue weighted by Gasteiger charge is -2.25. The zero-order chi connectivity index (χ0) is 19.6. The van der Waals surface area contributed by atoms with E-state index in [-0.39, 0.29) is 0 Å². The summed E-state index contributed by atoms with van der Waals surface area (Å²) in [5, 5.41) is 8.95. The molecule has 2 aliphatic carbocycles. The first kappa shape index (κ1) is 20.9. The van der Waals surface area contributed by atoms with Crippen LogP contribution in [0, 0.1) is 11.8 Å². The van der Waals surface area contributed by atoms with Crippen LogP contribution in [0.15, 0.2) is 53.9 Å². The standard InChI is InChI=1S/C22H30N2S3/c1-13(2)17-9-7-15(5)19(11-17)25-21-23-24-22(27-21)26-20-12-18(14(3)4)10-8-16(20)6/h17-18H,1,3,7-12H2,2,4-6H3/t17-,18-/m1/s1. The largest absolute Gasteiger partial charge is 0.179 e. The van der Waals surface area contributed by atoms with Crippen molar-refractivity contribution >= 4 is 34.9 Å². The van der Waals surface area contributed by atoms with Crippen molar-refractivity contribution in [2.45, 2.75) is 74.9 Å². The molecule has 2 nitrogen and oxygen atoms in total. The molecule has 0 saturated carbocycles. The molecule has 0 fully saturated rings. The summed E-state index contributed by atoms with van der Waals surface area (Å²) < 4.78 is 2.14. The Morgan fingerprint density at radius 1 is 0.852 bits per heavy atom.